The lowest BCUT2D eigenvalue weighted by molar-refractivity contribution is 0.892. The van der Waals surface area contributed by atoms with E-state index in [0.717, 1.165) is 12.1 Å². The number of pyridine rings is 1. The van der Waals surface area contributed by atoms with Crippen molar-refractivity contribution in [2.75, 3.05) is 0 Å². The highest BCUT2D eigenvalue weighted by atomic mass is 127. The third-order valence-corrected chi connectivity index (χ3v) is 4.29. The minimum Gasteiger partial charge on any atom is -0.261 e. The second-order valence-electron chi connectivity index (χ2n) is 3.99. The summed E-state index contributed by atoms with van der Waals surface area (Å²) in [6.07, 6.45) is 2.78. The van der Waals surface area contributed by atoms with Gasteiger partial charge in [0.1, 0.15) is 0 Å². The third-order valence-electron chi connectivity index (χ3n) is 2.72. The lowest BCUT2D eigenvalue weighted by Gasteiger charge is -2.11. The van der Waals surface area contributed by atoms with Crippen molar-refractivity contribution in [1.29, 1.82) is 0 Å². The number of hydrogen-bond donors (Lipinski definition) is 0. The van der Waals surface area contributed by atoms with Gasteiger partial charge in [0.05, 0.1) is 0 Å². The second-order valence-corrected chi connectivity index (χ2v) is 6.34. The summed E-state index contributed by atoms with van der Waals surface area (Å²) in [6.45, 7) is 2.11. The molecule has 1 aromatic heterocycles. The van der Waals surface area contributed by atoms with Crippen molar-refractivity contribution in [3.8, 4) is 0 Å². The molecule has 0 N–H and O–H groups in total. The van der Waals surface area contributed by atoms with E-state index in [-0.39, 0.29) is 0 Å². The topological polar surface area (TPSA) is 12.9 Å². The Morgan fingerprint density at radius 3 is 2.59 bits per heavy atom. The minimum absolute atomic E-state index is 0.327. The molecule has 88 valence electrons. The Morgan fingerprint density at radius 1 is 1.24 bits per heavy atom. The number of halogens is 2. The number of aryl methyl sites for hydroxylation is 1. The van der Waals surface area contributed by atoms with Gasteiger partial charge in [-0.05, 0) is 58.8 Å². The van der Waals surface area contributed by atoms with Crippen molar-refractivity contribution in [3.63, 3.8) is 0 Å². The van der Waals surface area contributed by atoms with Crippen molar-refractivity contribution in [1.82, 2.24) is 4.98 Å². The molecule has 0 amide bonds. The highest BCUT2D eigenvalue weighted by Gasteiger charge is 2.10. The van der Waals surface area contributed by atoms with Crippen LogP contribution in [0, 0.1) is 10.5 Å². The second kappa shape index (κ2) is 5.96. The Hall–Kier alpha value is -0.420. The Labute approximate surface area is 124 Å². The van der Waals surface area contributed by atoms with Crippen LogP contribution in [0.4, 0.5) is 0 Å². The Kier molecular flexibility index (Phi) is 4.56. The van der Waals surface area contributed by atoms with Crippen LogP contribution in [0.1, 0.15) is 21.6 Å². The molecule has 0 aliphatic rings. The molecule has 2 aromatic rings. The van der Waals surface area contributed by atoms with Crippen LogP contribution in [0.15, 0.2) is 42.6 Å². The van der Waals surface area contributed by atoms with Crippen LogP contribution in [-0.4, -0.2) is 4.98 Å². The summed E-state index contributed by atoms with van der Waals surface area (Å²) in [6, 6.07) is 12.7. The van der Waals surface area contributed by atoms with Gasteiger partial charge in [-0.15, -0.1) is 0 Å². The Morgan fingerprint density at radius 2 is 1.94 bits per heavy atom. The average Bonchev–Trinajstić information content (AvgIpc) is 2.33. The van der Waals surface area contributed by atoms with Crippen molar-refractivity contribution in [3.05, 3.63) is 63.0 Å². The van der Waals surface area contributed by atoms with E-state index in [1.807, 2.05) is 12.3 Å². The molecular weight excluding hydrogens is 389 g/mol. The van der Waals surface area contributed by atoms with E-state index in [1.54, 1.807) is 0 Å². The molecule has 2 rings (SSSR count). The third kappa shape index (κ3) is 3.52. The van der Waals surface area contributed by atoms with Crippen LogP contribution in [0.25, 0.3) is 0 Å². The highest BCUT2D eigenvalue weighted by Crippen LogP contribution is 2.27. The van der Waals surface area contributed by atoms with Crippen LogP contribution in [0.3, 0.4) is 0 Å². The van der Waals surface area contributed by atoms with Gasteiger partial charge in [0, 0.05) is 26.7 Å². The van der Waals surface area contributed by atoms with Gasteiger partial charge >= 0.3 is 0 Å². The monoisotopic (exact) mass is 401 g/mol. The van der Waals surface area contributed by atoms with E-state index in [1.165, 1.54) is 14.7 Å². The van der Waals surface area contributed by atoms with Gasteiger partial charge in [-0.25, -0.2) is 0 Å². The Balaban J connectivity index is 2.14. The normalized spacial score (nSPS) is 12.4. The summed E-state index contributed by atoms with van der Waals surface area (Å²) < 4.78 is 1.26. The maximum atomic E-state index is 4.43. The molecule has 0 spiro atoms. The van der Waals surface area contributed by atoms with Crippen LogP contribution in [0.2, 0.25) is 0 Å². The molecule has 17 heavy (non-hydrogen) atoms. The smallest absolute Gasteiger partial charge is 0.0450 e. The zero-order valence-corrected chi connectivity index (χ0v) is 13.3. The minimum atomic E-state index is 0.327. The standard InChI is InChI=1S/C14H13BrIN/c1-10-3-2-8-17-14(10)9-13(15)11-4-6-12(16)7-5-11/h2-8,13H,9H2,1H3. The molecule has 0 saturated heterocycles. The summed E-state index contributed by atoms with van der Waals surface area (Å²) in [5, 5.41) is 0. The average molecular weight is 402 g/mol. The first-order valence-corrected chi connectivity index (χ1v) is 7.46. The van der Waals surface area contributed by atoms with Gasteiger partial charge in [0.25, 0.3) is 0 Å². The number of aromatic nitrogens is 1. The first kappa shape index (κ1) is 13.0. The zero-order chi connectivity index (χ0) is 12.3. The van der Waals surface area contributed by atoms with Crippen LogP contribution in [0.5, 0.6) is 0 Å². The molecule has 1 aromatic carbocycles. The Bertz CT molecular complexity index is 496. The fourth-order valence-corrected chi connectivity index (χ4v) is 2.66. The molecule has 1 heterocycles. The predicted octanol–water partition coefficient (Wildman–Crippen LogP) is 4.67. The molecule has 0 fully saturated rings. The molecule has 0 bridgehead atoms. The SMILES string of the molecule is Cc1cccnc1CC(Br)c1ccc(I)cc1. The maximum Gasteiger partial charge on any atom is 0.0450 e. The highest BCUT2D eigenvalue weighted by molar-refractivity contribution is 14.1. The molecule has 0 aliphatic carbocycles. The van der Waals surface area contributed by atoms with Gasteiger partial charge < -0.3 is 0 Å². The predicted molar refractivity (Wildman–Crippen MR) is 83.5 cm³/mol. The molecule has 1 nitrogen and oxygen atoms in total. The van der Waals surface area contributed by atoms with E-state index in [0.29, 0.717) is 4.83 Å². The lowest BCUT2D eigenvalue weighted by Crippen LogP contribution is -2.00. The van der Waals surface area contributed by atoms with Crippen LogP contribution in [-0.2, 0) is 6.42 Å². The molecule has 0 radical (unpaired) electrons. The molecule has 0 saturated carbocycles. The van der Waals surface area contributed by atoms with Gasteiger partial charge in [-0.2, -0.15) is 0 Å². The summed E-state index contributed by atoms with van der Waals surface area (Å²) in [4.78, 5) is 4.76. The fraction of sp³-hybridized carbons (Fsp3) is 0.214. The lowest BCUT2D eigenvalue weighted by atomic mass is 10.1. The number of hydrogen-bond acceptors (Lipinski definition) is 1. The molecular formula is C14H13BrIN. The maximum absolute atomic E-state index is 4.43. The summed E-state index contributed by atoms with van der Waals surface area (Å²) in [5.41, 5.74) is 3.71. The van der Waals surface area contributed by atoms with Crippen molar-refractivity contribution >= 4 is 38.5 Å². The summed E-state index contributed by atoms with van der Waals surface area (Å²) >= 11 is 6.06. The van der Waals surface area contributed by atoms with Gasteiger partial charge in [-0.1, -0.05) is 34.1 Å². The van der Waals surface area contributed by atoms with E-state index in [2.05, 4.69) is 80.8 Å². The van der Waals surface area contributed by atoms with E-state index in [4.69, 9.17) is 0 Å². The van der Waals surface area contributed by atoms with Crippen molar-refractivity contribution < 1.29 is 0 Å². The van der Waals surface area contributed by atoms with Gasteiger partial charge in [0.2, 0.25) is 0 Å². The summed E-state index contributed by atoms with van der Waals surface area (Å²) in [7, 11) is 0. The first-order chi connectivity index (χ1) is 8.16. The van der Waals surface area contributed by atoms with Gasteiger partial charge in [0.15, 0.2) is 0 Å². The van der Waals surface area contributed by atoms with Crippen LogP contribution >= 0.6 is 38.5 Å². The molecule has 0 aliphatic heterocycles. The number of benzene rings is 1. The summed E-state index contributed by atoms with van der Waals surface area (Å²) in [5.74, 6) is 0. The zero-order valence-electron chi connectivity index (χ0n) is 9.53. The van der Waals surface area contributed by atoms with Crippen molar-refractivity contribution in [2.24, 2.45) is 0 Å². The van der Waals surface area contributed by atoms with E-state index >= 15 is 0 Å². The molecule has 3 heteroatoms. The molecule has 1 atom stereocenters. The number of nitrogens with zero attached hydrogens (tertiary/aromatic N) is 1. The number of alkyl halides is 1. The molecule has 1 unspecified atom stereocenters. The fourth-order valence-electron chi connectivity index (χ4n) is 1.69. The van der Waals surface area contributed by atoms with Crippen molar-refractivity contribution in [2.45, 2.75) is 18.2 Å². The first-order valence-electron chi connectivity index (χ1n) is 5.47. The number of rotatable bonds is 3. The quantitative estimate of drug-likeness (QED) is 0.537. The van der Waals surface area contributed by atoms with Crippen LogP contribution < -0.4 is 0 Å². The van der Waals surface area contributed by atoms with Gasteiger partial charge in [-0.3, -0.25) is 4.98 Å². The largest absolute Gasteiger partial charge is 0.261 e. The van der Waals surface area contributed by atoms with E-state index in [9.17, 15) is 0 Å². The van der Waals surface area contributed by atoms with E-state index < -0.39 is 0 Å².